The zero-order chi connectivity index (χ0) is 19.8. The molecular weight excluding hydrogens is 382 g/mol. The molecule has 29 heavy (non-hydrogen) atoms. The fourth-order valence-corrected chi connectivity index (χ4v) is 5.02. The molecule has 6 heteroatoms. The van der Waals surface area contributed by atoms with Crippen molar-refractivity contribution in [3.8, 4) is 5.69 Å². The molecule has 1 aliphatic heterocycles. The molecule has 5 rings (SSSR count). The highest BCUT2D eigenvalue weighted by atomic mass is 32.1. The van der Waals surface area contributed by atoms with Gasteiger partial charge in [0.2, 0.25) is 5.91 Å². The Morgan fingerprint density at radius 3 is 2.21 bits per heavy atom. The van der Waals surface area contributed by atoms with Crippen molar-refractivity contribution >= 4 is 23.2 Å². The average molecular weight is 406 g/mol. The molecule has 1 aliphatic carbocycles. The first kappa shape index (κ1) is 18.2. The Labute approximate surface area is 174 Å². The van der Waals surface area contributed by atoms with Crippen LogP contribution < -0.4 is 0 Å². The molecule has 1 saturated carbocycles. The Kier molecular flexibility index (Phi) is 4.72. The molecule has 5 nitrogen and oxygen atoms in total. The number of hydrogen-bond acceptors (Lipinski definition) is 3. The van der Waals surface area contributed by atoms with Crippen molar-refractivity contribution < 1.29 is 9.59 Å². The van der Waals surface area contributed by atoms with Gasteiger partial charge in [0, 0.05) is 66.5 Å². The standard InChI is InChI=1S/C23H23N3O2S/c27-22(17-5-7-18(8-6-17)24-9-1-2-10-24)25-11-13-26(14-12-25)23(28)20-16-19(20)21-4-3-15-29-21/h1-10,15,19-20H,11-14,16H2. The van der Waals surface area contributed by atoms with E-state index in [4.69, 9.17) is 0 Å². The van der Waals surface area contributed by atoms with E-state index in [1.165, 1.54) is 4.88 Å². The average Bonchev–Trinajstić information content (AvgIpc) is 3.15. The highest BCUT2D eigenvalue weighted by Gasteiger charge is 2.46. The van der Waals surface area contributed by atoms with Gasteiger partial charge in [-0.05, 0) is 54.3 Å². The van der Waals surface area contributed by atoms with Crippen LogP contribution in [0.4, 0.5) is 0 Å². The SMILES string of the molecule is O=C(c1ccc(-n2cccc2)cc1)N1CCN(C(=O)C2CC2c2cccs2)CC1. The summed E-state index contributed by atoms with van der Waals surface area (Å²) in [7, 11) is 0. The van der Waals surface area contributed by atoms with Gasteiger partial charge in [0.15, 0.2) is 0 Å². The maximum atomic E-state index is 12.8. The monoisotopic (exact) mass is 405 g/mol. The van der Waals surface area contributed by atoms with Crippen LogP contribution in [0.2, 0.25) is 0 Å². The molecule has 1 aromatic carbocycles. The molecule has 0 spiro atoms. The van der Waals surface area contributed by atoms with E-state index in [0.717, 1.165) is 12.1 Å². The first-order valence-corrected chi connectivity index (χ1v) is 10.9. The third kappa shape index (κ3) is 3.60. The lowest BCUT2D eigenvalue weighted by atomic mass is 10.1. The zero-order valence-corrected chi connectivity index (χ0v) is 16.9. The molecule has 3 aromatic rings. The first-order chi connectivity index (χ1) is 14.2. The van der Waals surface area contributed by atoms with E-state index in [1.807, 2.05) is 63.2 Å². The normalized spacial score (nSPS) is 21.2. The summed E-state index contributed by atoms with van der Waals surface area (Å²) in [5.41, 5.74) is 1.73. The topological polar surface area (TPSA) is 45.6 Å². The molecule has 2 unspecified atom stereocenters. The molecule has 2 atom stereocenters. The second kappa shape index (κ2) is 7.52. The van der Waals surface area contributed by atoms with Gasteiger partial charge in [0.25, 0.3) is 5.91 Å². The zero-order valence-electron chi connectivity index (χ0n) is 16.1. The Balaban J connectivity index is 1.16. The summed E-state index contributed by atoms with van der Waals surface area (Å²) in [6, 6.07) is 15.8. The minimum absolute atomic E-state index is 0.0408. The minimum Gasteiger partial charge on any atom is -0.339 e. The molecule has 2 fully saturated rings. The fourth-order valence-electron chi connectivity index (χ4n) is 4.11. The molecular formula is C23H23N3O2S. The maximum absolute atomic E-state index is 12.8. The van der Waals surface area contributed by atoms with Crippen molar-refractivity contribution in [2.75, 3.05) is 26.2 Å². The summed E-state index contributed by atoms with van der Waals surface area (Å²) >= 11 is 1.74. The van der Waals surface area contributed by atoms with E-state index in [-0.39, 0.29) is 17.7 Å². The van der Waals surface area contributed by atoms with Gasteiger partial charge in [-0.3, -0.25) is 9.59 Å². The number of piperazine rings is 1. The number of carbonyl (C=O) groups is 2. The third-order valence-electron chi connectivity index (χ3n) is 5.91. The lowest BCUT2D eigenvalue weighted by molar-refractivity contribution is -0.134. The van der Waals surface area contributed by atoms with Crippen LogP contribution in [0, 0.1) is 5.92 Å². The molecule has 0 N–H and O–H groups in total. The quantitative estimate of drug-likeness (QED) is 0.665. The first-order valence-electron chi connectivity index (χ1n) is 10.1. The molecule has 2 aromatic heterocycles. The van der Waals surface area contributed by atoms with Crippen molar-refractivity contribution in [3.05, 3.63) is 76.7 Å². The molecule has 2 aliphatic rings. The summed E-state index contributed by atoms with van der Waals surface area (Å²) in [5, 5.41) is 2.07. The highest BCUT2D eigenvalue weighted by molar-refractivity contribution is 7.10. The number of benzene rings is 1. The van der Waals surface area contributed by atoms with Gasteiger partial charge in [-0.2, -0.15) is 0 Å². The van der Waals surface area contributed by atoms with Gasteiger partial charge in [-0.25, -0.2) is 0 Å². The van der Waals surface area contributed by atoms with Gasteiger partial charge in [-0.15, -0.1) is 11.3 Å². The number of nitrogens with zero attached hydrogens (tertiary/aromatic N) is 3. The van der Waals surface area contributed by atoms with Crippen molar-refractivity contribution in [1.29, 1.82) is 0 Å². The summed E-state index contributed by atoms with van der Waals surface area (Å²) < 4.78 is 2.01. The Morgan fingerprint density at radius 2 is 1.55 bits per heavy atom. The lowest BCUT2D eigenvalue weighted by Gasteiger charge is -2.35. The number of rotatable bonds is 4. The predicted molar refractivity (Wildman–Crippen MR) is 113 cm³/mol. The summed E-state index contributed by atoms with van der Waals surface area (Å²) in [6.45, 7) is 2.44. The number of hydrogen-bond donors (Lipinski definition) is 0. The van der Waals surface area contributed by atoms with E-state index in [9.17, 15) is 9.59 Å². The number of thiophene rings is 1. The molecule has 0 radical (unpaired) electrons. The summed E-state index contributed by atoms with van der Waals surface area (Å²) in [4.78, 5) is 30.8. The van der Waals surface area contributed by atoms with Crippen LogP contribution in [-0.4, -0.2) is 52.4 Å². The van der Waals surface area contributed by atoms with Crippen molar-refractivity contribution in [3.63, 3.8) is 0 Å². The third-order valence-corrected chi connectivity index (χ3v) is 6.92. The van der Waals surface area contributed by atoms with Crippen LogP contribution in [0.3, 0.4) is 0 Å². The molecule has 148 valence electrons. The van der Waals surface area contributed by atoms with E-state index in [0.29, 0.717) is 37.7 Å². The van der Waals surface area contributed by atoms with Gasteiger partial charge in [-0.1, -0.05) is 6.07 Å². The van der Waals surface area contributed by atoms with E-state index < -0.39 is 0 Å². The van der Waals surface area contributed by atoms with Crippen molar-refractivity contribution in [2.24, 2.45) is 5.92 Å². The summed E-state index contributed by atoms with van der Waals surface area (Å²) in [5.74, 6) is 0.837. The Hall–Kier alpha value is -2.86. The van der Waals surface area contributed by atoms with Crippen LogP contribution >= 0.6 is 11.3 Å². The van der Waals surface area contributed by atoms with Gasteiger partial charge in [0.1, 0.15) is 0 Å². The number of aromatic nitrogens is 1. The maximum Gasteiger partial charge on any atom is 0.253 e. The van der Waals surface area contributed by atoms with Gasteiger partial charge < -0.3 is 14.4 Å². The van der Waals surface area contributed by atoms with Crippen LogP contribution in [0.15, 0.2) is 66.3 Å². The van der Waals surface area contributed by atoms with Crippen LogP contribution in [0.1, 0.15) is 27.6 Å². The Morgan fingerprint density at radius 1 is 0.862 bits per heavy atom. The number of carbonyl (C=O) groups excluding carboxylic acids is 2. The second-order valence-electron chi connectivity index (χ2n) is 7.72. The van der Waals surface area contributed by atoms with Crippen molar-refractivity contribution in [1.82, 2.24) is 14.4 Å². The van der Waals surface area contributed by atoms with Gasteiger partial charge >= 0.3 is 0 Å². The van der Waals surface area contributed by atoms with Crippen molar-refractivity contribution in [2.45, 2.75) is 12.3 Å². The largest absolute Gasteiger partial charge is 0.339 e. The van der Waals surface area contributed by atoms with Gasteiger partial charge in [0.05, 0.1) is 0 Å². The fraction of sp³-hybridized carbons (Fsp3) is 0.304. The second-order valence-corrected chi connectivity index (χ2v) is 8.70. The minimum atomic E-state index is 0.0408. The molecule has 2 amide bonds. The highest BCUT2D eigenvalue weighted by Crippen LogP contribution is 2.50. The molecule has 0 bridgehead atoms. The van der Waals surface area contributed by atoms with Crippen LogP contribution in [0.25, 0.3) is 5.69 Å². The van der Waals surface area contributed by atoms with E-state index in [2.05, 4.69) is 17.5 Å². The van der Waals surface area contributed by atoms with Crippen LogP contribution in [-0.2, 0) is 4.79 Å². The number of amides is 2. The molecule has 1 saturated heterocycles. The smallest absolute Gasteiger partial charge is 0.253 e. The van der Waals surface area contributed by atoms with E-state index in [1.54, 1.807) is 11.3 Å². The van der Waals surface area contributed by atoms with E-state index >= 15 is 0 Å². The molecule has 3 heterocycles. The lowest BCUT2D eigenvalue weighted by Crippen LogP contribution is -2.51. The predicted octanol–water partition coefficient (Wildman–Crippen LogP) is 3.63. The van der Waals surface area contributed by atoms with Crippen LogP contribution in [0.5, 0.6) is 0 Å². The Bertz CT molecular complexity index is 987. The summed E-state index contributed by atoms with van der Waals surface area (Å²) in [6.07, 6.45) is 4.93.